The van der Waals surface area contributed by atoms with Crippen molar-refractivity contribution in [3.63, 3.8) is 0 Å². The molecule has 1 aliphatic rings. The van der Waals surface area contributed by atoms with E-state index in [1.165, 1.54) is 63.8 Å². The maximum absolute atomic E-state index is 13.1. The number of furan rings is 1. The Kier molecular flexibility index (Phi) is 5.83. The lowest BCUT2D eigenvalue weighted by Gasteiger charge is -2.22. The van der Waals surface area contributed by atoms with Crippen LogP contribution in [0.4, 0.5) is 9.52 Å². The van der Waals surface area contributed by atoms with Gasteiger partial charge in [-0.1, -0.05) is 41.3 Å². The van der Waals surface area contributed by atoms with Crippen molar-refractivity contribution in [1.82, 2.24) is 10.2 Å². The molecule has 3 aromatic heterocycles. The quantitative estimate of drug-likeness (QED) is 0.206. The number of carbonyl (C=O) groups excluding carboxylic acids is 2. The Labute approximate surface area is 199 Å². The van der Waals surface area contributed by atoms with Crippen molar-refractivity contribution in [1.29, 1.82) is 0 Å². The number of aliphatic hydroxyl groups excluding tert-OH is 1. The second-order valence-electron chi connectivity index (χ2n) is 6.93. The summed E-state index contributed by atoms with van der Waals surface area (Å²) >= 11 is 3.92. The topological polar surface area (TPSA) is 96.5 Å². The maximum atomic E-state index is 13.1. The number of nitrogens with zero attached hydrogens (tertiary/aromatic N) is 3. The summed E-state index contributed by atoms with van der Waals surface area (Å²) in [5, 5.41) is 21.0. The first kappa shape index (κ1) is 21.6. The zero-order valence-corrected chi connectivity index (χ0v) is 19.1. The molecule has 0 bridgehead atoms. The van der Waals surface area contributed by atoms with E-state index in [0.717, 1.165) is 5.56 Å². The van der Waals surface area contributed by atoms with E-state index in [9.17, 15) is 19.1 Å². The van der Waals surface area contributed by atoms with Gasteiger partial charge in [0.1, 0.15) is 11.9 Å². The number of halogens is 1. The number of thiophene rings is 1. The number of thioether (sulfide) groups is 1. The first-order valence-corrected chi connectivity index (χ1v) is 12.3. The van der Waals surface area contributed by atoms with Gasteiger partial charge < -0.3 is 9.52 Å². The molecule has 4 aromatic rings. The number of anilines is 1. The number of rotatable bonds is 7. The van der Waals surface area contributed by atoms with Gasteiger partial charge in [-0.05, 0) is 41.3 Å². The van der Waals surface area contributed by atoms with Crippen LogP contribution in [-0.4, -0.2) is 27.0 Å². The summed E-state index contributed by atoms with van der Waals surface area (Å²) in [6.07, 6.45) is 1.36. The van der Waals surface area contributed by atoms with E-state index in [1.807, 2.05) is 5.38 Å². The molecule has 0 fully saturated rings. The summed E-state index contributed by atoms with van der Waals surface area (Å²) in [4.78, 5) is 28.1. The number of hydrogen-bond donors (Lipinski definition) is 1. The molecule has 33 heavy (non-hydrogen) atoms. The third kappa shape index (κ3) is 4.10. The van der Waals surface area contributed by atoms with E-state index in [-0.39, 0.29) is 22.3 Å². The average molecular weight is 500 g/mol. The summed E-state index contributed by atoms with van der Waals surface area (Å²) < 4.78 is 18.9. The molecular weight excluding hydrogens is 485 g/mol. The number of Topliss-reactive ketones (excluding diaryl/α,β-unsaturated/α-hetero) is 1. The lowest BCUT2D eigenvalue weighted by atomic mass is 10.0. The molecule has 1 atom stereocenters. The van der Waals surface area contributed by atoms with Gasteiger partial charge in [0, 0.05) is 10.6 Å². The van der Waals surface area contributed by atoms with E-state index in [4.69, 9.17) is 4.42 Å². The van der Waals surface area contributed by atoms with Gasteiger partial charge in [0.05, 0.1) is 11.8 Å². The molecule has 1 N–H and O–H groups in total. The number of benzene rings is 1. The molecule has 5 rings (SSSR count). The number of aliphatic hydroxyl groups is 1. The second-order valence-corrected chi connectivity index (χ2v) is 10.1. The average Bonchev–Trinajstić information content (AvgIpc) is 3.62. The Bertz CT molecular complexity index is 1330. The van der Waals surface area contributed by atoms with Crippen molar-refractivity contribution in [2.45, 2.75) is 16.1 Å². The van der Waals surface area contributed by atoms with Gasteiger partial charge in [0.2, 0.25) is 10.9 Å². The predicted octanol–water partition coefficient (Wildman–Crippen LogP) is 5.41. The van der Waals surface area contributed by atoms with Crippen LogP contribution in [0, 0.1) is 5.82 Å². The monoisotopic (exact) mass is 499 g/mol. The van der Waals surface area contributed by atoms with Crippen LogP contribution in [0.2, 0.25) is 0 Å². The Hall–Kier alpha value is -3.28. The number of ketones is 1. The highest BCUT2D eigenvalue weighted by atomic mass is 32.2. The Morgan fingerprint density at radius 3 is 2.70 bits per heavy atom. The number of hydrogen-bond acceptors (Lipinski definition) is 9. The van der Waals surface area contributed by atoms with E-state index < -0.39 is 23.5 Å². The smallest absolute Gasteiger partial charge is 0.296 e. The van der Waals surface area contributed by atoms with Crippen molar-refractivity contribution < 1.29 is 23.5 Å². The number of carbonyl (C=O) groups is 2. The van der Waals surface area contributed by atoms with Gasteiger partial charge in [-0.25, -0.2) is 4.39 Å². The van der Waals surface area contributed by atoms with Crippen LogP contribution in [0.1, 0.15) is 27.0 Å². The van der Waals surface area contributed by atoms with Gasteiger partial charge in [0.25, 0.3) is 5.91 Å². The zero-order chi connectivity index (χ0) is 22.9. The van der Waals surface area contributed by atoms with Crippen LogP contribution in [0.25, 0.3) is 0 Å². The van der Waals surface area contributed by atoms with Crippen molar-refractivity contribution in [3.8, 4) is 0 Å². The number of aromatic nitrogens is 2. The first-order chi connectivity index (χ1) is 16.0. The minimum Gasteiger partial charge on any atom is -0.503 e. The van der Waals surface area contributed by atoms with Crippen molar-refractivity contribution in [2.75, 3.05) is 4.90 Å². The molecule has 0 saturated heterocycles. The fraction of sp³-hybridized carbons (Fsp3) is 0.0909. The first-order valence-electron chi connectivity index (χ1n) is 9.62. The molecule has 4 heterocycles. The van der Waals surface area contributed by atoms with Crippen molar-refractivity contribution in [3.05, 3.63) is 93.5 Å². The molecule has 166 valence electrons. The summed E-state index contributed by atoms with van der Waals surface area (Å²) in [6, 6.07) is 11.9. The molecular formula is C22H14FN3O4S3. The molecule has 0 saturated carbocycles. The summed E-state index contributed by atoms with van der Waals surface area (Å²) in [6.45, 7) is 0. The highest BCUT2D eigenvalue weighted by Gasteiger charge is 2.47. The van der Waals surface area contributed by atoms with Crippen LogP contribution in [0.15, 0.2) is 80.3 Å². The van der Waals surface area contributed by atoms with Gasteiger partial charge in [-0.3, -0.25) is 14.5 Å². The standard InChI is InChI=1S/C22H14FN3O4S3/c23-13-7-5-12(6-8-13)11-32-22-25-24-21(33-22)26-17(15-4-2-10-31-15)16(19(28)20(26)29)18(27)14-3-1-9-30-14/h1-10,17,28H,11H2/t17-/m1/s1. The van der Waals surface area contributed by atoms with Crippen LogP contribution >= 0.6 is 34.4 Å². The SMILES string of the molecule is O=C(C1=C(O)C(=O)N(c2nnc(SCc3ccc(F)cc3)s2)[C@@H]1c1cccs1)c1ccco1. The van der Waals surface area contributed by atoms with Gasteiger partial charge in [0.15, 0.2) is 15.9 Å². The molecule has 0 radical (unpaired) electrons. The van der Waals surface area contributed by atoms with Crippen molar-refractivity contribution >= 4 is 51.3 Å². The minimum atomic E-state index is -0.849. The predicted molar refractivity (Wildman–Crippen MR) is 123 cm³/mol. The third-order valence-corrected chi connectivity index (χ3v) is 7.94. The summed E-state index contributed by atoms with van der Waals surface area (Å²) in [5.74, 6) is -1.66. The Balaban J connectivity index is 1.44. The maximum Gasteiger partial charge on any atom is 0.296 e. The van der Waals surface area contributed by atoms with E-state index in [0.29, 0.717) is 15.0 Å². The molecule has 0 aliphatic carbocycles. The molecule has 1 amide bonds. The van der Waals surface area contributed by atoms with E-state index in [2.05, 4.69) is 10.2 Å². The summed E-state index contributed by atoms with van der Waals surface area (Å²) in [7, 11) is 0. The van der Waals surface area contributed by atoms with E-state index in [1.54, 1.807) is 30.3 Å². The van der Waals surface area contributed by atoms with Crippen LogP contribution < -0.4 is 4.90 Å². The van der Waals surface area contributed by atoms with Gasteiger partial charge in [-0.15, -0.1) is 21.5 Å². The van der Waals surface area contributed by atoms with Crippen molar-refractivity contribution in [2.24, 2.45) is 0 Å². The highest BCUT2D eigenvalue weighted by Crippen LogP contribution is 2.45. The molecule has 1 aliphatic heterocycles. The fourth-order valence-electron chi connectivity index (χ4n) is 3.37. The van der Waals surface area contributed by atoms with Crippen LogP contribution in [0.5, 0.6) is 0 Å². The molecule has 11 heteroatoms. The highest BCUT2D eigenvalue weighted by molar-refractivity contribution is 8.00. The lowest BCUT2D eigenvalue weighted by molar-refractivity contribution is -0.117. The fourth-order valence-corrected chi connectivity index (χ4v) is 6.02. The lowest BCUT2D eigenvalue weighted by Crippen LogP contribution is -2.30. The molecule has 0 unspecified atom stereocenters. The molecule has 1 aromatic carbocycles. The van der Waals surface area contributed by atoms with Crippen LogP contribution in [-0.2, 0) is 10.5 Å². The molecule has 0 spiro atoms. The van der Waals surface area contributed by atoms with Crippen LogP contribution in [0.3, 0.4) is 0 Å². The second kappa shape index (κ2) is 8.93. The summed E-state index contributed by atoms with van der Waals surface area (Å²) in [5.41, 5.74) is 0.852. The largest absolute Gasteiger partial charge is 0.503 e. The Morgan fingerprint density at radius 2 is 2.00 bits per heavy atom. The Morgan fingerprint density at radius 1 is 1.18 bits per heavy atom. The third-order valence-electron chi connectivity index (χ3n) is 4.89. The van der Waals surface area contributed by atoms with Gasteiger partial charge >= 0.3 is 0 Å². The zero-order valence-electron chi connectivity index (χ0n) is 16.7. The van der Waals surface area contributed by atoms with E-state index >= 15 is 0 Å². The normalized spacial score (nSPS) is 16.1. The van der Waals surface area contributed by atoms with Gasteiger partial charge in [-0.2, -0.15) is 0 Å². The minimum absolute atomic E-state index is 0.0283. The molecule has 7 nitrogen and oxygen atoms in total. The number of amides is 1.